The molecule has 148 valence electrons. The Morgan fingerprint density at radius 2 is 1.93 bits per heavy atom. The van der Waals surface area contributed by atoms with Gasteiger partial charge in [-0.3, -0.25) is 9.58 Å². The summed E-state index contributed by atoms with van der Waals surface area (Å²) in [6.45, 7) is 4.75. The summed E-state index contributed by atoms with van der Waals surface area (Å²) in [5.41, 5.74) is 1.51. The topological polar surface area (TPSA) is 85.7 Å². The van der Waals surface area contributed by atoms with Crippen molar-refractivity contribution in [3.63, 3.8) is 0 Å². The molecule has 0 amide bonds. The first-order valence-electron chi connectivity index (χ1n) is 8.86. The Labute approximate surface area is 160 Å². The standard InChI is InChI=1S/C18H26N4O4S/c1-14-18(13-21(2)20-14)27(23,24)19-12-17(22-8-10-26-11-9-22)15-4-6-16(25-3)7-5-15/h4-7,13,17,19H,8-12H2,1-3H3/t17-/m0/s1. The van der Waals surface area contributed by atoms with E-state index in [2.05, 4.69) is 14.7 Å². The summed E-state index contributed by atoms with van der Waals surface area (Å²) in [5, 5.41) is 4.13. The van der Waals surface area contributed by atoms with Crippen molar-refractivity contribution in [3.8, 4) is 5.75 Å². The number of aromatic nitrogens is 2. The van der Waals surface area contributed by atoms with Crippen LogP contribution in [0.3, 0.4) is 0 Å². The van der Waals surface area contributed by atoms with E-state index in [0.29, 0.717) is 18.9 Å². The van der Waals surface area contributed by atoms with Gasteiger partial charge in [0.1, 0.15) is 10.6 Å². The quantitative estimate of drug-likeness (QED) is 0.757. The Kier molecular flexibility index (Phi) is 6.15. The summed E-state index contributed by atoms with van der Waals surface area (Å²) >= 11 is 0. The summed E-state index contributed by atoms with van der Waals surface area (Å²) < 4.78 is 40.5. The van der Waals surface area contributed by atoms with Crippen LogP contribution in [0.1, 0.15) is 17.3 Å². The first-order chi connectivity index (χ1) is 12.9. The van der Waals surface area contributed by atoms with E-state index in [9.17, 15) is 8.42 Å². The average molecular weight is 394 g/mol. The average Bonchev–Trinajstić information content (AvgIpc) is 3.02. The van der Waals surface area contributed by atoms with E-state index >= 15 is 0 Å². The lowest BCUT2D eigenvalue weighted by Gasteiger charge is -2.35. The molecule has 1 N–H and O–H groups in total. The molecule has 1 aliphatic heterocycles. The maximum Gasteiger partial charge on any atom is 0.244 e. The third-order valence-corrected chi connectivity index (χ3v) is 6.24. The Balaban J connectivity index is 1.81. The number of nitrogens with one attached hydrogen (secondary N) is 1. The fraction of sp³-hybridized carbons (Fsp3) is 0.500. The predicted molar refractivity (Wildman–Crippen MR) is 101 cm³/mol. The van der Waals surface area contributed by atoms with Crippen molar-refractivity contribution in [1.82, 2.24) is 19.4 Å². The van der Waals surface area contributed by atoms with E-state index < -0.39 is 10.0 Å². The molecule has 0 unspecified atom stereocenters. The highest BCUT2D eigenvalue weighted by Gasteiger charge is 2.26. The minimum Gasteiger partial charge on any atom is -0.497 e. The molecular formula is C18H26N4O4S. The largest absolute Gasteiger partial charge is 0.497 e. The number of aryl methyl sites for hydroxylation is 2. The summed E-state index contributed by atoms with van der Waals surface area (Å²) in [6.07, 6.45) is 1.52. The highest BCUT2D eigenvalue weighted by molar-refractivity contribution is 7.89. The van der Waals surface area contributed by atoms with Crippen LogP contribution in [0.5, 0.6) is 5.75 Å². The zero-order chi connectivity index (χ0) is 19.4. The van der Waals surface area contributed by atoms with Crippen LogP contribution in [0.25, 0.3) is 0 Å². The smallest absolute Gasteiger partial charge is 0.244 e. The van der Waals surface area contributed by atoms with E-state index in [-0.39, 0.29) is 17.5 Å². The van der Waals surface area contributed by atoms with Crippen LogP contribution in [-0.2, 0) is 21.8 Å². The van der Waals surface area contributed by atoms with Gasteiger partial charge >= 0.3 is 0 Å². The van der Waals surface area contributed by atoms with Gasteiger partial charge in [-0.2, -0.15) is 5.10 Å². The van der Waals surface area contributed by atoms with Gasteiger partial charge in [-0.15, -0.1) is 0 Å². The molecule has 0 spiro atoms. The molecule has 9 heteroatoms. The molecule has 2 aromatic rings. The molecule has 0 bridgehead atoms. The van der Waals surface area contributed by atoms with E-state index in [0.717, 1.165) is 24.4 Å². The number of ether oxygens (including phenoxy) is 2. The van der Waals surface area contributed by atoms with E-state index in [1.54, 1.807) is 21.1 Å². The summed E-state index contributed by atoms with van der Waals surface area (Å²) in [7, 11) is -0.309. The lowest BCUT2D eigenvalue weighted by molar-refractivity contribution is 0.0172. The van der Waals surface area contributed by atoms with Gasteiger partial charge in [-0.05, 0) is 24.6 Å². The second-order valence-corrected chi connectivity index (χ2v) is 8.28. The number of nitrogens with zero attached hydrogens (tertiary/aromatic N) is 3. The van der Waals surface area contributed by atoms with Crippen molar-refractivity contribution in [1.29, 1.82) is 0 Å². The van der Waals surface area contributed by atoms with Crippen molar-refractivity contribution in [2.45, 2.75) is 17.9 Å². The molecule has 0 radical (unpaired) electrons. The number of morpholine rings is 1. The predicted octanol–water partition coefficient (Wildman–Crippen LogP) is 1.09. The van der Waals surface area contributed by atoms with Crippen LogP contribution in [0.2, 0.25) is 0 Å². The van der Waals surface area contributed by atoms with Gasteiger partial charge in [0, 0.05) is 38.9 Å². The number of methoxy groups -OCH3 is 1. The summed E-state index contributed by atoms with van der Waals surface area (Å²) in [6, 6.07) is 7.64. The number of hydrogen-bond donors (Lipinski definition) is 1. The number of rotatable bonds is 7. The van der Waals surface area contributed by atoms with Crippen molar-refractivity contribution < 1.29 is 17.9 Å². The van der Waals surface area contributed by atoms with E-state index in [1.165, 1.54) is 10.9 Å². The van der Waals surface area contributed by atoms with Crippen molar-refractivity contribution in [2.24, 2.45) is 7.05 Å². The van der Waals surface area contributed by atoms with Crippen LogP contribution < -0.4 is 9.46 Å². The Morgan fingerprint density at radius 3 is 2.48 bits per heavy atom. The minimum atomic E-state index is -3.64. The maximum atomic E-state index is 12.8. The lowest BCUT2D eigenvalue weighted by Crippen LogP contribution is -2.43. The summed E-state index contributed by atoms with van der Waals surface area (Å²) in [4.78, 5) is 2.45. The molecule has 1 fully saturated rings. The van der Waals surface area contributed by atoms with Gasteiger partial charge in [-0.1, -0.05) is 12.1 Å². The lowest BCUT2D eigenvalue weighted by atomic mass is 10.0. The van der Waals surface area contributed by atoms with Crippen LogP contribution in [0, 0.1) is 6.92 Å². The third kappa shape index (κ3) is 4.67. The highest BCUT2D eigenvalue weighted by Crippen LogP contribution is 2.24. The fourth-order valence-electron chi connectivity index (χ4n) is 3.28. The van der Waals surface area contributed by atoms with E-state index in [4.69, 9.17) is 9.47 Å². The Bertz CT molecular complexity index is 858. The molecule has 1 aromatic heterocycles. The van der Waals surface area contributed by atoms with Crippen LogP contribution in [-0.4, -0.2) is 63.1 Å². The monoisotopic (exact) mass is 394 g/mol. The van der Waals surface area contributed by atoms with Gasteiger partial charge in [0.25, 0.3) is 0 Å². The maximum absolute atomic E-state index is 12.8. The van der Waals surface area contributed by atoms with Gasteiger partial charge in [0.2, 0.25) is 10.0 Å². The molecule has 0 aliphatic carbocycles. The molecule has 1 aromatic carbocycles. The van der Waals surface area contributed by atoms with Crippen LogP contribution in [0.4, 0.5) is 0 Å². The Hall–Kier alpha value is -1.94. The molecule has 3 rings (SSSR count). The molecular weight excluding hydrogens is 368 g/mol. The molecule has 2 heterocycles. The Morgan fingerprint density at radius 1 is 1.26 bits per heavy atom. The van der Waals surface area contributed by atoms with Gasteiger partial charge < -0.3 is 9.47 Å². The van der Waals surface area contributed by atoms with Crippen LogP contribution in [0.15, 0.2) is 35.4 Å². The minimum absolute atomic E-state index is 0.0911. The zero-order valence-corrected chi connectivity index (χ0v) is 16.7. The highest BCUT2D eigenvalue weighted by atomic mass is 32.2. The zero-order valence-electron chi connectivity index (χ0n) is 15.9. The van der Waals surface area contributed by atoms with Gasteiger partial charge in [0.15, 0.2) is 0 Å². The SMILES string of the molecule is COc1ccc([C@H](CNS(=O)(=O)c2cn(C)nc2C)N2CCOCC2)cc1. The second-order valence-electron chi connectivity index (χ2n) is 6.54. The van der Waals surface area contributed by atoms with Crippen molar-refractivity contribution >= 4 is 10.0 Å². The molecule has 1 saturated heterocycles. The molecule has 8 nitrogen and oxygen atoms in total. The molecule has 1 atom stereocenters. The second kappa shape index (κ2) is 8.39. The van der Waals surface area contributed by atoms with Crippen molar-refractivity contribution in [3.05, 3.63) is 41.7 Å². The normalized spacial score (nSPS) is 17.0. The van der Waals surface area contributed by atoms with E-state index in [1.807, 2.05) is 24.3 Å². The first-order valence-corrected chi connectivity index (χ1v) is 10.3. The van der Waals surface area contributed by atoms with Gasteiger partial charge in [0.05, 0.1) is 26.0 Å². The number of benzene rings is 1. The number of sulfonamides is 1. The molecule has 0 saturated carbocycles. The fourth-order valence-corrected chi connectivity index (χ4v) is 4.53. The third-order valence-electron chi connectivity index (χ3n) is 4.71. The van der Waals surface area contributed by atoms with Crippen molar-refractivity contribution in [2.75, 3.05) is 40.0 Å². The molecule has 27 heavy (non-hydrogen) atoms. The first kappa shape index (κ1) is 19.8. The summed E-state index contributed by atoms with van der Waals surface area (Å²) in [5.74, 6) is 0.769. The number of hydrogen-bond acceptors (Lipinski definition) is 6. The van der Waals surface area contributed by atoms with Gasteiger partial charge in [-0.25, -0.2) is 13.1 Å². The molecule has 1 aliphatic rings. The van der Waals surface area contributed by atoms with Crippen LogP contribution >= 0.6 is 0 Å².